The van der Waals surface area contributed by atoms with E-state index in [2.05, 4.69) is 73.1 Å². The maximum absolute atomic E-state index is 12.5. The molecule has 1 amide bonds. The topological polar surface area (TPSA) is 35.6 Å². The van der Waals surface area contributed by atoms with Gasteiger partial charge in [0.25, 0.3) is 0 Å². The highest BCUT2D eigenvalue weighted by Gasteiger charge is 2.20. The number of rotatable bonds is 5. The van der Waals surface area contributed by atoms with Crippen LogP contribution in [0.5, 0.6) is 0 Å². The number of carbonyl (C=O) groups excluding carboxylic acids is 1. The zero-order chi connectivity index (χ0) is 20.1. The zero-order valence-corrected chi connectivity index (χ0v) is 17.7. The third-order valence-electron chi connectivity index (χ3n) is 5.40. The summed E-state index contributed by atoms with van der Waals surface area (Å²) in [5.74, 6) is 0.0952. The first-order valence-electron chi connectivity index (χ1n) is 10.3. The molecule has 0 radical (unpaired) electrons. The fraction of sp³-hybridized carbons (Fsp3) is 0.458. The van der Waals surface area contributed by atoms with Crippen molar-refractivity contribution < 1.29 is 4.79 Å². The molecule has 0 bridgehead atoms. The summed E-state index contributed by atoms with van der Waals surface area (Å²) in [7, 11) is 0. The van der Waals surface area contributed by atoms with Crippen LogP contribution in [0.2, 0.25) is 0 Å². The summed E-state index contributed by atoms with van der Waals surface area (Å²) in [5, 5.41) is 3.12. The molecular weight excluding hydrogens is 346 g/mol. The van der Waals surface area contributed by atoms with Gasteiger partial charge in [-0.05, 0) is 41.7 Å². The molecule has 2 aromatic rings. The van der Waals surface area contributed by atoms with Gasteiger partial charge in [-0.1, -0.05) is 51.1 Å². The number of nitrogens with zero attached hydrogens (tertiary/aromatic N) is 2. The number of para-hydroxylation sites is 1. The molecule has 0 saturated carbocycles. The van der Waals surface area contributed by atoms with Crippen LogP contribution in [0, 0.1) is 6.92 Å². The van der Waals surface area contributed by atoms with Gasteiger partial charge in [-0.15, -0.1) is 0 Å². The Kier molecular flexibility index (Phi) is 6.40. The van der Waals surface area contributed by atoms with Crippen LogP contribution in [0.1, 0.15) is 38.3 Å². The normalized spacial score (nSPS) is 15.5. The molecule has 1 N–H and O–H groups in total. The Morgan fingerprint density at radius 2 is 1.71 bits per heavy atom. The minimum atomic E-state index is 0.00992. The minimum absolute atomic E-state index is 0.00992. The lowest BCUT2D eigenvalue weighted by atomic mass is 9.86. The second-order valence-corrected chi connectivity index (χ2v) is 8.76. The Morgan fingerprint density at radius 1 is 1.00 bits per heavy atom. The Labute approximate surface area is 169 Å². The second-order valence-electron chi connectivity index (χ2n) is 8.76. The Bertz CT molecular complexity index is 801. The predicted molar refractivity (Wildman–Crippen MR) is 118 cm³/mol. The van der Waals surface area contributed by atoms with Gasteiger partial charge in [0.1, 0.15) is 0 Å². The molecule has 1 saturated heterocycles. The molecule has 0 aliphatic carbocycles. The molecule has 4 heteroatoms. The van der Waals surface area contributed by atoms with Crippen molar-refractivity contribution >= 4 is 17.3 Å². The van der Waals surface area contributed by atoms with Crippen LogP contribution in [0.4, 0.5) is 11.4 Å². The van der Waals surface area contributed by atoms with Crippen LogP contribution in [0.25, 0.3) is 0 Å². The number of hydrogen-bond donors (Lipinski definition) is 1. The van der Waals surface area contributed by atoms with Crippen LogP contribution in [0.15, 0.2) is 48.5 Å². The molecule has 1 heterocycles. The molecule has 1 aliphatic rings. The van der Waals surface area contributed by atoms with Gasteiger partial charge in [-0.25, -0.2) is 0 Å². The first-order valence-corrected chi connectivity index (χ1v) is 10.3. The van der Waals surface area contributed by atoms with E-state index in [-0.39, 0.29) is 11.3 Å². The van der Waals surface area contributed by atoms with Gasteiger partial charge in [0, 0.05) is 50.5 Å². The summed E-state index contributed by atoms with van der Waals surface area (Å²) in [5.41, 5.74) is 4.72. The van der Waals surface area contributed by atoms with Gasteiger partial charge >= 0.3 is 0 Å². The lowest BCUT2D eigenvalue weighted by Gasteiger charge is -2.36. The van der Waals surface area contributed by atoms with Gasteiger partial charge in [0.05, 0.1) is 0 Å². The maximum Gasteiger partial charge on any atom is 0.225 e. The maximum atomic E-state index is 12.5. The van der Waals surface area contributed by atoms with Crippen LogP contribution in [-0.4, -0.2) is 43.5 Å². The summed E-state index contributed by atoms with van der Waals surface area (Å²) < 4.78 is 0. The molecular formula is C24H33N3O. The number of amides is 1. The van der Waals surface area contributed by atoms with Crippen molar-refractivity contribution in [2.24, 2.45) is 0 Å². The Hall–Kier alpha value is -2.33. The third kappa shape index (κ3) is 5.35. The van der Waals surface area contributed by atoms with E-state index in [9.17, 15) is 4.79 Å². The van der Waals surface area contributed by atoms with Crippen molar-refractivity contribution in [3.8, 4) is 0 Å². The van der Waals surface area contributed by atoms with Crippen LogP contribution in [0.3, 0.4) is 0 Å². The zero-order valence-electron chi connectivity index (χ0n) is 17.7. The van der Waals surface area contributed by atoms with Gasteiger partial charge in [0.2, 0.25) is 5.91 Å². The fourth-order valence-corrected chi connectivity index (χ4v) is 3.77. The highest BCUT2D eigenvalue weighted by molar-refractivity contribution is 5.91. The minimum Gasteiger partial charge on any atom is -0.369 e. The molecule has 0 unspecified atom stereocenters. The van der Waals surface area contributed by atoms with E-state index in [1.54, 1.807) is 0 Å². The van der Waals surface area contributed by atoms with Crippen molar-refractivity contribution in [2.75, 3.05) is 42.9 Å². The molecule has 28 heavy (non-hydrogen) atoms. The highest BCUT2D eigenvalue weighted by Crippen LogP contribution is 2.29. The van der Waals surface area contributed by atoms with E-state index in [0.717, 1.165) is 38.4 Å². The van der Waals surface area contributed by atoms with Crippen LogP contribution >= 0.6 is 0 Å². The molecule has 3 rings (SSSR count). The van der Waals surface area contributed by atoms with Crippen LogP contribution in [-0.2, 0) is 10.2 Å². The largest absolute Gasteiger partial charge is 0.369 e. The summed E-state index contributed by atoms with van der Waals surface area (Å²) in [6.45, 7) is 13.5. The first kappa shape index (κ1) is 20.4. The smallest absolute Gasteiger partial charge is 0.225 e. The number of piperazine rings is 1. The summed E-state index contributed by atoms with van der Waals surface area (Å²) >= 11 is 0. The molecule has 0 aromatic heterocycles. The molecule has 0 spiro atoms. The lowest BCUT2D eigenvalue weighted by Crippen LogP contribution is -2.47. The molecule has 150 valence electrons. The third-order valence-corrected chi connectivity index (χ3v) is 5.40. The van der Waals surface area contributed by atoms with Gasteiger partial charge in [0.15, 0.2) is 0 Å². The highest BCUT2D eigenvalue weighted by atomic mass is 16.1. The van der Waals surface area contributed by atoms with Crippen molar-refractivity contribution in [3.63, 3.8) is 0 Å². The monoisotopic (exact) mass is 379 g/mol. The van der Waals surface area contributed by atoms with Crippen molar-refractivity contribution in [1.29, 1.82) is 0 Å². The van der Waals surface area contributed by atoms with E-state index in [1.165, 1.54) is 16.8 Å². The van der Waals surface area contributed by atoms with Crippen LogP contribution < -0.4 is 10.2 Å². The molecule has 0 atom stereocenters. The molecule has 2 aromatic carbocycles. The number of carbonyl (C=O) groups is 1. The predicted octanol–water partition coefficient (Wildman–Crippen LogP) is 4.44. The van der Waals surface area contributed by atoms with E-state index < -0.39 is 0 Å². The van der Waals surface area contributed by atoms with E-state index in [1.807, 2.05) is 18.2 Å². The molecule has 1 fully saturated rings. The first-order chi connectivity index (χ1) is 13.3. The van der Waals surface area contributed by atoms with E-state index in [0.29, 0.717) is 6.42 Å². The average molecular weight is 380 g/mol. The van der Waals surface area contributed by atoms with Gasteiger partial charge in [-0.2, -0.15) is 0 Å². The lowest BCUT2D eigenvalue weighted by molar-refractivity contribution is -0.116. The van der Waals surface area contributed by atoms with Crippen molar-refractivity contribution in [3.05, 3.63) is 59.7 Å². The SMILES string of the molecule is Cc1cccc(N2CCN(CCC(=O)Nc3ccccc3C(C)(C)C)CC2)c1. The second kappa shape index (κ2) is 8.78. The quantitative estimate of drug-likeness (QED) is 0.834. The standard InChI is InChI=1S/C24H33N3O/c1-19-8-7-9-20(18-19)27-16-14-26(15-17-27)13-12-23(28)25-22-11-6-5-10-21(22)24(2,3)4/h5-11,18H,12-17H2,1-4H3,(H,25,28). The van der Waals surface area contributed by atoms with Crippen molar-refractivity contribution in [1.82, 2.24) is 4.90 Å². The Morgan fingerprint density at radius 3 is 2.39 bits per heavy atom. The summed E-state index contributed by atoms with van der Waals surface area (Å²) in [6.07, 6.45) is 0.531. The number of nitrogens with one attached hydrogen (secondary N) is 1. The number of hydrogen-bond acceptors (Lipinski definition) is 3. The average Bonchev–Trinajstić information content (AvgIpc) is 2.66. The fourth-order valence-electron chi connectivity index (χ4n) is 3.77. The van der Waals surface area contributed by atoms with Crippen molar-refractivity contribution in [2.45, 2.75) is 39.5 Å². The number of anilines is 2. The Balaban J connectivity index is 1.48. The summed E-state index contributed by atoms with van der Waals surface area (Å²) in [6, 6.07) is 16.8. The van der Waals surface area contributed by atoms with Gasteiger partial charge in [-0.3, -0.25) is 9.69 Å². The molecule has 4 nitrogen and oxygen atoms in total. The van der Waals surface area contributed by atoms with E-state index >= 15 is 0 Å². The number of benzene rings is 2. The molecule has 1 aliphatic heterocycles. The summed E-state index contributed by atoms with van der Waals surface area (Å²) in [4.78, 5) is 17.3. The van der Waals surface area contributed by atoms with Gasteiger partial charge < -0.3 is 10.2 Å². The van der Waals surface area contributed by atoms with E-state index in [4.69, 9.17) is 0 Å². The number of aryl methyl sites for hydroxylation is 1.